The number of benzene rings is 2. The van der Waals surface area contributed by atoms with Crippen LogP contribution in [0.1, 0.15) is 5.56 Å². The van der Waals surface area contributed by atoms with E-state index in [0.717, 1.165) is 6.07 Å². The minimum atomic E-state index is -4.54. The molecule has 0 aliphatic carbocycles. The first-order chi connectivity index (χ1) is 10.5. The lowest BCUT2D eigenvalue weighted by Crippen LogP contribution is -2.21. The third-order valence-corrected chi connectivity index (χ3v) is 3.15. The number of para-hydroxylation sites is 3. The van der Waals surface area contributed by atoms with Gasteiger partial charge in [0, 0.05) is 0 Å². The van der Waals surface area contributed by atoms with Crippen molar-refractivity contribution in [3.05, 3.63) is 60.4 Å². The van der Waals surface area contributed by atoms with Gasteiger partial charge in [0.05, 0.1) is 22.3 Å². The number of alkyl halides is 3. The molecule has 0 saturated heterocycles. The second-order valence-corrected chi connectivity index (χ2v) is 4.58. The number of imidazole rings is 1. The first-order valence-electron chi connectivity index (χ1n) is 6.36. The predicted octanol–water partition coefficient (Wildman–Crippen LogP) is 4.14. The highest BCUT2D eigenvalue weighted by molar-refractivity contribution is 5.97. The maximum Gasteiger partial charge on any atom is 0.418 e. The summed E-state index contributed by atoms with van der Waals surface area (Å²) in [5.41, 5.74) is -0.0863. The molecule has 0 unspecified atom stereocenters. The summed E-state index contributed by atoms with van der Waals surface area (Å²) in [4.78, 5) is 16.2. The third-order valence-electron chi connectivity index (χ3n) is 3.15. The number of aromatic nitrogens is 2. The van der Waals surface area contributed by atoms with Gasteiger partial charge in [-0.1, -0.05) is 24.3 Å². The van der Waals surface area contributed by atoms with E-state index in [4.69, 9.17) is 0 Å². The molecular weight excluding hydrogens is 295 g/mol. The minimum absolute atomic E-state index is 0.294. The Morgan fingerprint density at radius 1 is 1.05 bits per heavy atom. The molecule has 1 N–H and O–H groups in total. The van der Waals surface area contributed by atoms with Crippen molar-refractivity contribution < 1.29 is 18.0 Å². The number of carbonyl (C=O) groups is 1. The number of rotatable bonds is 1. The fourth-order valence-corrected chi connectivity index (χ4v) is 2.14. The summed E-state index contributed by atoms with van der Waals surface area (Å²) in [6, 6.07) is 11.0. The molecule has 4 nitrogen and oxygen atoms in total. The molecule has 0 atom stereocenters. The lowest BCUT2D eigenvalue weighted by atomic mass is 10.1. The van der Waals surface area contributed by atoms with Crippen LogP contribution >= 0.6 is 0 Å². The lowest BCUT2D eigenvalue weighted by Gasteiger charge is -2.13. The normalized spacial score (nSPS) is 11.6. The Morgan fingerprint density at radius 3 is 2.50 bits per heavy atom. The first kappa shape index (κ1) is 14.1. The van der Waals surface area contributed by atoms with Crippen LogP contribution in [0.3, 0.4) is 0 Å². The molecule has 1 heterocycles. The Hall–Kier alpha value is -2.83. The number of anilines is 1. The fourth-order valence-electron chi connectivity index (χ4n) is 2.14. The van der Waals surface area contributed by atoms with Crippen molar-refractivity contribution in [3.63, 3.8) is 0 Å². The molecule has 0 aliphatic rings. The number of nitrogens with one attached hydrogen (secondary N) is 1. The number of hydrogen-bond donors (Lipinski definition) is 1. The molecule has 2 aromatic carbocycles. The first-order valence-corrected chi connectivity index (χ1v) is 6.36. The van der Waals surface area contributed by atoms with E-state index in [1.54, 1.807) is 24.3 Å². The predicted molar refractivity (Wildman–Crippen MR) is 75.6 cm³/mol. The molecule has 112 valence electrons. The van der Waals surface area contributed by atoms with E-state index in [1.165, 1.54) is 29.1 Å². The van der Waals surface area contributed by atoms with E-state index in [1.807, 2.05) is 0 Å². The Kier molecular flexibility index (Phi) is 3.32. The molecule has 0 bridgehead atoms. The Bertz CT molecular complexity index is 839. The van der Waals surface area contributed by atoms with Gasteiger partial charge in [0.15, 0.2) is 0 Å². The second-order valence-electron chi connectivity index (χ2n) is 4.58. The summed E-state index contributed by atoms with van der Waals surface area (Å²) < 4.78 is 39.9. The van der Waals surface area contributed by atoms with Crippen molar-refractivity contribution in [3.8, 4) is 0 Å². The van der Waals surface area contributed by atoms with Crippen LogP contribution < -0.4 is 5.32 Å². The standard InChI is InChI=1S/C15H10F3N3O/c16-15(17,18)10-5-1-2-6-11(10)20-14(22)21-9-19-12-7-3-4-8-13(12)21/h1-9H,(H,20,22). The van der Waals surface area contributed by atoms with Crippen LogP contribution in [0.4, 0.5) is 23.7 Å². The number of halogens is 3. The SMILES string of the molecule is O=C(Nc1ccccc1C(F)(F)F)n1cnc2ccccc21. The summed E-state index contributed by atoms with van der Waals surface area (Å²) in [6.45, 7) is 0. The number of amides is 1. The molecule has 7 heteroatoms. The van der Waals surface area contributed by atoms with Gasteiger partial charge in [-0.05, 0) is 24.3 Å². The largest absolute Gasteiger partial charge is 0.418 e. The number of nitrogens with zero attached hydrogens (tertiary/aromatic N) is 2. The highest BCUT2D eigenvalue weighted by Gasteiger charge is 2.33. The summed E-state index contributed by atoms with van der Waals surface area (Å²) >= 11 is 0. The van der Waals surface area contributed by atoms with Crippen molar-refractivity contribution in [1.82, 2.24) is 9.55 Å². The Balaban J connectivity index is 1.96. The molecule has 1 aromatic heterocycles. The summed E-state index contributed by atoms with van der Waals surface area (Å²) in [5.74, 6) is 0. The topological polar surface area (TPSA) is 46.9 Å². The van der Waals surface area contributed by atoms with E-state index in [0.29, 0.717) is 11.0 Å². The molecule has 3 aromatic rings. The van der Waals surface area contributed by atoms with Crippen molar-refractivity contribution in [2.75, 3.05) is 5.32 Å². The molecule has 22 heavy (non-hydrogen) atoms. The second kappa shape index (κ2) is 5.18. The van der Waals surface area contributed by atoms with Crippen molar-refractivity contribution in [2.24, 2.45) is 0 Å². The van der Waals surface area contributed by atoms with Crippen LogP contribution in [0.25, 0.3) is 11.0 Å². The van der Waals surface area contributed by atoms with Crippen LogP contribution in [-0.2, 0) is 6.18 Å². The van der Waals surface area contributed by atoms with E-state index >= 15 is 0 Å². The summed E-state index contributed by atoms with van der Waals surface area (Å²) in [5, 5.41) is 2.28. The van der Waals surface area contributed by atoms with Gasteiger partial charge in [0.2, 0.25) is 0 Å². The highest BCUT2D eigenvalue weighted by atomic mass is 19.4. The van der Waals surface area contributed by atoms with Crippen molar-refractivity contribution >= 4 is 22.8 Å². The lowest BCUT2D eigenvalue weighted by molar-refractivity contribution is -0.136. The fraction of sp³-hybridized carbons (Fsp3) is 0.0667. The monoisotopic (exact) mass is 305 g/mol. The zero-order valence-corrected chi connectivity index (χ0v) is 11.1. The molecule has 0 saturated carbocycles. The zero-order valence-electron chi connectivity index (χ0n) is 11.1. The Morgan fingerprint density at radius 2 is 1.73 bits per heavy atom. The van der Waals surface area contributed by atoms with Crippen molar-refractivity contribution in [2.45, 2.75) is 6.18 Å². The van der Waals surface area contributed by atoms with E-state index in [-0.39, 0.29) is 5.69 Å². The van der Waals surface area contributed by atoms with Crippen LogP contribution in [0.2, 0.25) is 0 Å². The maximum atomic E-state index is 12.9. The zero-order chi connectivity index (χ0) is 15.7. The number of fused-ring (bicyclic) bond motifs is 1. The molecular formula is C15H10F3N3O. The van der Waals surface area contributed by atoms with Gasteiger partial charge in [-0.2, -0.15) is 13.2 Å². The van der Waals surface area contributed by atoms with Gasteiger partial charge in [-0.25, -0.2) is 9.78 Å². The summed E-state index contributed by atoms with van der Waals surface area (Å²) in [6.07, 6.45) is -3.27. The van der Waals surface area contributed by atoms with Crippen LogP contribution in [0, 0.1) is 0 Å². The smallest absolute Gasteiger partial charge is 0.307 e. The average Bonchev–Trinajstić information content (AvgIpc) is 2.90. The van der Waals surface area contributed by atoms with Crippen LogP contribution in [-0.4, -0.2) is 15.6 Å². The van der Waals surface area contributed by atoms with Gasteiger partial charge in [-0.15, -0.1) is 0 Å². The Labute approximate surface area is 123 Å². The van der Waals surface area contributed by atoms with E-state index in [9.17, 15) is 18.0 Å². The van der Waals surface area contributed by atoms with Gasteiger partial charge < -0.3 is 5.32 Å². The summed E-state index contributed by atoms with van der Waals surface area (Å²) in [7, 11) is 0. The molecule has 3 rings (SSSR count). The molecule has 0 spiro atoms. The number of hydrogen-bond acceptors (Lipinski definition) is 2. The van der Waals surface area contributed by atoms with E-state index in [2.05, 4.69) is 10.3 Å². The van der Waals surface area contributed by atoms with Gasteiger partial charge >= 0.3 is 12.2 Å². The van der Waals surface area contributed by atoms with E-state index < -0.39 is 17.8 Å². The minimum Gasteiger partial charge on any atom is -0.307 e. The molecule has 0 fully saturated rings. The molecule has 0 radical (unpaired) electrons. The van der Waals surface area contributed by atoms with Gasteiger partial charge in [0.1, 0.15) is 6.33 Å². The molecule has 0 aliphatic heterocycles. The van der Waals surface area contributed by atoms with Gasteiger partial charge in [0.25, 0.3) is 0 Å². The maximum absolute atomic E-state index is 12.9. The quantitative estimate of drug-likeness (QED) is 0.734. The molecule has 1 amide bonds. The number of carbonyl (C=O) groups excluding carboxylic acids is 1. The van der Waals surface area contributed by atoms with Crippen molar-refractivity contribution in [1.29, 1.82) is 0 Å². The van der Waals surface area contributed by atoms with Crippen LogP contribution in [0.15, 0.2) is 54.9 Å². The van der Waals surface area contributed by atoms with Gasteiger partial charge in [-0.3, -0.25) is 4.57 Å². The third kappa shape index (κ3) is 2.52. The average molecular weight is 305 g/mol. The highest BCUT2D eigenvalue weighted by Crippen LogP contribution is 2.34. The van der Waals surface area contributed by atoms with Crippen LogP contribution in [0.5, 0.6) is 0 Å².